The van der Waals surface area contributed by atoms with Crippen LogP contribution in [0.5, 0.6) is 5.75 Å². The minimum atomic E-state index is -4.45. The largest absolute Gasteiger partial charge is 0.495 e. The number of aliphatic hydroxyl groups is 1. The van der Waals surface area contributed by atoms with E-state index in [1.807, 2.05) is 4.72 Å². The van der Waals surface area contributed by atoms with Gasteiger partial charge in [0.2, 0.25) is 5.95 Å². The zero-order valence-corrected chi connectivity index (χ0v) is 17.9. The predicted octanol–water partition coefficient (Wildman–Crippen LogP) is 2.69. The second-order valence-electron chi connectivity index (χ2n) is 6.22. The van der Waals surface area contributed by atoms with Crippen LogP contribution in [-0.4, -0.2) is 30.6 Å². The summed E-state index contributed by atoms with van der Waals surface area (Å²) in [7, 11) is -3.25. The average molecular weight is 481 g/mol. The average Bonchev–Trinajstić information content (AvgIpc) is 2.76. The Morgan fingerprint density at radius 1 is 1.22 bits per heavy atom. The Bertz CT molecular complexity index is 1340. The van der Waals surface area contributed by atoms with Crippen LogP contribution < -0.4 is 15.2 Å². The number of anilines is 2. The molecule has 0 bridgehead atoms. The SMILES string of the molecule is COc1c(CO)cc(Cl)cc1S(=O)(=O)Nc1ccc(F)c(C#Cc2cnc(N)nc2)c1F. The van der Waals surface area contributed by atoms with Gasteiger partial charge in [-0.1, -0.05) is 23.4 Å². The molecule has 8 nitrogen and oxygen atoms in total. The summed E-state index contributed by atoms with van der Waals surface area (Å²) in [5, 5.41) is 9.45. The first kappa shape index (κ1) is 23.2. The third-order valence-corrected chi connectivity index (χ3v) is 5.69. The summed E-state index contributed by atoms with van der Waals surface area (Å²) < 4.78 is 62.0. The smallest absolute Gasteiger partial charge is 0.265 e. The van der Waals surface area contributed by atoms with Gasteiger partial charge in [0.25, 0.3) is 10.0 Å². The lowest BCUT2D eigenvalue weighted by molar-refractivity contribution is 0.272. The molecule has 166 valence electrons. The minimum Gasteiger partial charge on any atom is -0.495 e. The molecule has 0 atom stereocenters. The lowest BCUT2D eigenvalue weighted by Crippen LogP contribution is -2.16. The monoisotopic (exact) mass is 480 g/mol. The van der Waals surface area contributed by atoms with E-state index in [2.05, 4.69) is 21.8 Å². The van der Waals surface area contributed by atoms with Gasteiger partial charge in [0.15, 0.2) is 5.82 Å². The Kier molecular flexibility index (Phi) is 6.78. The zero-order valence-electron chi connectivity index (χ0n) is 16.4. The van der Waals surface area contributed by atoms with Gasteiger partial charge < -0.3 is 15.6 Å². The molecular weight excluding hydrogens is 466 g/mol. The highest BCUT2D eigenvalue weighted by Gasteiger charge is 2.25. The van der Waals surface area contributed by atoms with Crippen LogP contribution >= 0.6 is 11.6 Å². The number of aromatic nitrogens is 2. The molecule has 0 saturated carbocycles. The second kappa shape index (κ2) is 9.35. The van der Waals surface area contributed by atoms with Gasteiger partial charge in [0.1, 0.15) is 16.5 Å². The van der Waals surface area contributed by atoms with Gasteiger partial charge in [-0.3, -0.25) is 4.72 Å². The van der Waals surface area contributed by atoms with E-state index in [1.54, 1.807) is 0 Å². The molecule has 0 saturated heterocycles. The molecule has 0 aliphatic heterocycles. The van der Waals surface area contributed by atoms with Gasteiger partial charge in [0, 0.05) is 23.0 Å². The number of nitrogens with two attached hydrogens (primary N) is 1. The molecule has 0 aliphatic rings. The van der Waals surface area contributed by atoms with Crippen molar-refractivity contribution in [3.05, 3.63) is 70.0 Å². The molecule has 12 heteroatoms. The van der Waals surface area contributed by atoms with Gasteiger partial charge in [-0.05, 0) is 24.3 Å². The zero-order chi connectivity index (χ0) is 23.5. The first-order chi connectivity index (χ1) is 15.2. The van der Waals surface area contributed by atoms with Crippen molar-refractivity contribution < 1.29 is 27.0 Å². The van der Waals surface area contributed by atoms with E-state index in [0.717, 1.165) is 18.2 Å². The van der Waals surface area contributed by atoms with Gasteiger partial charge >= 0.3 is 0 Å². The molecule has 0 unspecified atom stereocenters. The second-order valence-corrected chi connectivity index (χ2v) is 8.31. The van der Waals surface area contributed by atoms with E-state index < -0.39 is 44.4 Å². The Hall–Kier alpha value is -3.46. The van der Waals surface area contributed by atoms with Crippen molar-refractivity contribution in [2.45, 2.75) is 11.5 Å². The molecule has 0 amide bonds. The molecule has 3 aromatic rings. The normalized spacial score (nSPS) is 10.9. The molecule has 1 aromatic heterocycles. The van der Waals surface area contributed by atoms with Gasteiger partial charge in [-0.2, -0.15) is 0 Å². The number of methoxy groups -OCH3 is 1. The number of nitrogens with zero attached hydrogens (tertiary/aromatic N) is 2. The van der Waals surface area contributed by atoms with Crippen LogP contribution in [0.25, 0.3) is 0 Å². The molecular formula is C20H15ClF2N4O4S. The first-order valence-corrected chi connectivity index (χ1v) is 10.6. The minimum absolute atomic E-state index is 0.00474. The fourth-order valence-corrected chi connectivity index (χ4v) is 4.26. The number of nitrogen functional groups attached to an aromatic ring is 1. The van der Waals surface area contributed by atoms with Gasteiger partial charge in [-0.25, -0.2) is 27.2 Å². The van der Waals surface area contributed by atoms with Gasteiger partial charge in [0.05, 0.1) is 30.5 Å². The summed E-state index contributed by atoms with van der Waals surface area (Å²) in [5.74, 6) is 2.37. The third-order valence-electron chi connectivity index (χ3n) is 4.10. The maximum atomic E-state index is 14.9. The van der Waals surface area contributed by atoms with Crippen LogP contribution in [0.15, 0.2) is 41.6 Å². The number of halogens is 3. The molecule has 3 rings (SSSR count). The number of benzene rings is 2. The highest BCUT2D eigenvalue weighted by atomic mass is 35.5. The summed E-state index contributed by atoms with van der Waals surface area (Å²) in [4.78, 5) is 7.00. The number of hydrogen-bond acceptors (Lipinski definition) is 7. The molecule has 0 fully saturated rings. The first-order valence-electron chi connectivity index (χ1n) is 8.74. The Morgan fingerprint density at radius 3 is 2.53 bits per heavy atom. The van der Waals surface area contributed by atoms with Crippen molar-refractivity contribution in [3.63, 3.8) is 0 Å². The molecule has 0 spiro atoms. The number of ether oxygens (including phenoxy) is 1. The Balaban J connectivity index is 2.03. The standard InChI is InChI=1S/C20H15ClF2N4O4S/c1-31-19-12(10-28)6-13(21)7-17(19)32(29,30)27-16-5-4-15(22)14(18(16)23)3-2-11-8-25-20(24)26-9-11/h4-9,27-28H,10H2,1H3,(H2,24,25,26). The molecule has 0 radical (unpaired) electrons. The van der Waals surface area contributed by atoms with Crippen LogP contribution in [-0.2, 0) is 16.6 Å². The van der Waals surface area contributed by atoms with E-state index in [9.17, 15) is 22.3 Å². The van der Waals surface area contributed by atoms with Crippen molar-refractivity contribution in [1.82, 2.24) is 9.97 Å². The number of aliphatic hydroxyl groups excluding tert-OH is 1. The predicted molar refractivity (Wildman–Crippen MR) is 114 cm³/mol. The molecule has 2 aromatic carbocycles. The van der Waals surface area contributed by atoms with Crippen molar-refractivity contribution >= 4 is 33.3 Å². The van der Waals surface area contributed by atoms with Crippen LogP contribution in [0.3, 0.4) is 0 Å². The summed E-state index contributed by atoms with van der Waals surface area (Å²) in [6, 6.07) is 4.17. The van der Waals surface area contributed by atoms with Crippen LogP contribution in [0.1, 0.15) is 16.7 Å². The quantitative estimate of drug-likeness (QED) is 0.479. The van der Waals surface area contributed by atoms with Crippen molar-refractivity contribution in [3.8, 4) is 17.6 Å². The summed E-state index contributed by atoms with van der Waals surface area (Å²) in [6.07, 6.45) is 2.53. The fraction of sp³-hybridized carbons (Fsp3) is 0.100. The van der Waals surface area contributed by atoms with Crippen LogP contribution in [0.2, 0.25) is 5.02 Å². The van der Waals surface area contributed by atoms with Gasteiger partial charge in [-0.15, -0.1) is 0 Å². The Labute approximate surface area is 187 Å². The fourth-order valence-electron chi connectivity index (χ4n) is 2.65. The summed E-state index contributed by atoms with van der Waals surface area (Å²) in [5.41, 5.74) is 4.49. The summed E-state index contributed by atoms with van der Waals surface area (Å²) in [6.45, 7) is -0.550. The maximum Gasteiger partial charge on any atom is 0.265 e. The van der Waals surface area contributed by atoms with Crippen molar-refractivity contribution in [2.75, 3.05) is 17.6 Å². The van der Waals surface area contributed by atoms with Crippen LogP contribution in [0, 0.1) is 23.5 Å². The van der Waals surface area contributed by atoms with Crippen molar-refractivity contribution in [1.29, 1.82) is 0 Å². The number of nitrogens with one attached hydrogen (secondary N) is 1. The molecule has 1 heterocycles. The third kappa shape index (κ3) is 4.88. The number of rotatable bonds is 5. The number of hydrogen-bond donors (Lipinski definition) is 3. The number of sulfonamides is 1. The summed E-state index contributed by atoms with van der Waals surface area (Å²) >= 11 is 5.93. The lowest BCUT2D eigenvalue weighted by atomic mass is 10.1. The van der Waals surface area contributed by atoms with Crippen molar-refractivity contribution in [2.24, 2.45) is 0 Å². The topological polar surface area (TPSA) is 127 Å². The van der Waals surface area contributed by atoms with Crippen LogP contribution in [0.4, 0.5) is 20.4 Å². The Morgan fingerprint density at radius 2 is 1.91 bits per heavy atom. The van der Waals surface area contributed by atoms with E-state index in [4.69, 9.17) is 22.1 Å². The molecule has 32 heavy (non-hydrogen) atoms. The highest BCUT2D eigenvalue weighted by molar-refractivity contribution is 7.92. The molecule has 4 N–H and O–H groups in total. The molecule has 0 aliphatic carbocycles. The van der Waals surface area contributed by atoms with E-state index in [0.29, 0.717) is 0 Å². The van der Waals surface area contributed by atoms with E-state index in [-0.39, 0.29) is 27.8 Å². The maximum absolute atomic E-state index is 14.9. The highest BCUT2D eigenvalue weighted by Crippen LogP contribution is 2.33. The van der Waals surface area contributed by atoms with E-state index in [1.165, 1.54) is 25.6 Å². The van der Waals surface area contributed by atoms with E-state index >= 15 is 0 Å². The lowest BCUT2D eigenvalue weighted by Gasteiger charge is -2.15.